The van der Waals surface area contributed by atoms with Crippen LogP contribution in [0.3, 0.4) is 0 Å². The van der Waals surface area contributed by atoms with Crippen LogP contribution in [0.15, 0.2) is 93.0 Å². The molecular formula is C28H19BrN2O5S. The fourth-order valence-electron chi connectivity index (χ4n) is 4.47. The number of ketones is 1. The van der Waals surface area contributed by atoms with Crippen LogP contribution in [0.25, 0.3) is 21.2 Å². The number of ether oxygens (including phenoxy) is 1. The number of carbonyl (C=O) groups is 2. The number of aromatic nitrogens is 1. The van der Waals surface area contributed by atoms with E-state index >= 15 is 0 Å². The molecule has 0 radical (unpaired) electrons. The second kappa shape index (κ2) is 9.17. The molecule has 2 aromatic heterocycles. The molecule has 0 saturated carbocycles. The number of halogens is 1. The summed E-state index contributed by atoms with van der Waals surface area (Å²) in [5.74, 6) is -1.13. The number of aliphatic hydroxyl groups is 1. The van der Waals surface area contributed by atoms with Gasteiger partial charge in [0.25, 0.3) is 5.91 Å². The van der Waals surface area contributed by atoms with E-state index in [1.807, 2.05) is 55.5 Å². The fraction of sp³-hybridized carbons (Fsp3) is 0.107. The molecule has 0 fully saturated rings. The Morgan fingerprint density at radius 3 is 2.68 bits per heavy atom. The number of benzene rings is 3. The van der Waals surface area contributed by atoms with Crippen molar-refractivity contribution in [1.82, 2.24) is 4.98 Å². The van der Waals surface area contributed by atoms with Crippen molar-refractivity contribution in [3.05, 3.63) is 99.9 Å². The highest BCUT2D eigenvalue weighted by molar-refractivity contribution is 9.10. The lowest BCUT2D eigenvalue weighted by Gasteiger charge is -2.24. The molecule has 1 amide bonds. The predicted molar refractivity (Wildman–Crippen MR) is 145 cm³/mol. The van der Waals surface area contributed by atoms with Crippen molar-refractivity contribution >= 4 is 65.3 Å². The molecule has 0 aliphatic carbocycles. The summed E-state index contributed by atoms with van der Waals surface area (Å²) in [5, 5.41) is 12.2. The van der Waals surface area contributed by atoms with Crippen LogP contribution in [0.4, 0.5) is 5.13 Å². The van der Waals surface area contributed by atoms with Crippen LogP contribution in [0, 0.1) is 0 Å². The van der Waals surface area contributed by atoms with Crippen molar-refractivity contribution in [1.29, 1.82) is 0 Å². The van der Waals surface area contributed by atoms with Crippen LogP contribution in [0.1, 0.15) is 29.1 Å². The summed E-state index contributed by atoms with van der Waals surface area (Å²) in [4.78, 5) is 33.3. The third kappa shape index (κ3) is 4.00. The number of para-hydroxylation sites is 1. The Morgan fingerprint density at radius 1 is 1.14 bits per heavy atom. The maximum atomic E-state index is 13.8. The Hall–Kier alpha value is -3.95. The number of carbonyl (C=O) groups excluding carboxylic acids is 2. The monoisotopic (exact) mass is 574 g/mol. The molecule has 0 bridgehead atoms. The van der Waals surface area contributed by atoms with Crippen LogP contribution >= 0.6 is 27.3 Å². The number of Topliss-reactive ketones (excluding diaryl/α,β-unsaturated/α-hetero) is 1. The van der Waals surface area contributed by atoms with E-state index in [1.165, 1.54) is 16.2 Å². The molecular weight excluding hydrogens is 556 g/mol. The SMILES string of the molecule is CCOc1ccc2nc(N3C(=O)C(O)=C(C(=O)c4cc5ccccc5o4)[C@@H]3c3ccc(Br)cc3)sc2c1. The van der Waals surface area contributed by atoms with E-state index < -0.39 is 23.5 Å². The normalized spacial score (nSPS) is 15.8. The molecule has 0 saturated heterocycles. The molecule has 1 atom stereocenters. The first-order chi connectivity index (χ1) is 17.9. The molecule has 5 aromatic rings. The zero-order valence-corrected chi connectivity index (χ0v) is 21.9. The van der Waals surface area contributed by atoms with Gasteiger partial charge in [0.05, 0.1) is 28.4 Å². The van der Waals surface area contributed by atoms with E-state index in [9.17, 15) is 14.7 Å². The van der Waals surface area contributed by atoms with E-state index in [2.05, 4.69) is 20.9 Å². The van der Waals surface area contributed by atoms with Gasteiger partial charge in [-0.1, -0.05) is 57.6 Å². The minimum absolute atomic E-state index is 0.0465. The standard InChI is InChI=1S/C28H19BrN2O5S/c1-2-35-18-11-12-19-22(14-18)37-28(30-19)31-24(15-7-9-17(29)10-8-15)23(26(33)27(31)34)25(32)21-13-16-5-3-4-6-20(16)36-21/h3-14,24,33H,2H2,1H3/t24-/m0/s1. The lowest BCUT2D eigenvalue weighted by molar-refractivity contribution is -0.117. The molecule has 7 nitrogen and oxygen atoms in total. The Balaban J connectivity index is 1.48. The Bertz CT molecular complexity index is 1690. The number of aliphatic hydroxyl groups excluding tert-OH is 1. The van der Waals surface area contributed by atoms with Gasteiger partial charge in [-0.3, -0.25) is 14.5 Å². The highest BCUT2D eigenvalue weighted by atomic mass is 79.9. The van der Waals surface area contributed by atoms with E-state index in [-0.39, 0.29) is 11.3 Å². The molecule has 1 N–H and O–H groups in total. The maximum Gasteiger partial charge on any atom is 0.296 e. The summed E-state index contributed by atoms with van der Waals surface area (Å²) in [5.41, 5.74) is 1.82. The summed E-state index contributed by atoms with van der Waals surface area (Å²) in [7, 11) is 0. The van der Waals surface area contributed by atoms with Gasteiger partial charge in [0.1, 0.15) is 11.3 Å². The maximum absolute atomic E-state index is 13.8. The number of hydrogen-bond acceptors (Lipinski definition) is 7. The summed E-state index contributed by atoms with van der Waals surface area (Å²) >= 11 is 4.72. The quantitative estimate of drug-likeness (QED) is 0.220. The average molecular weight is 575 g/mol. The largest absolute Gasteiger partial charge is 0.503 e. The number of rotatable bonds is 6. The number of furan rings is 1. The molecule has 37 heavy (non-hydrogen) atoms. The number of thiazole rings is 1. The second-order valence-electron chi connectivity index (χ2n) is 8.43. The summed E-state index contributed by atoms with van der Waals surface area (Å²) in [6.45, 7) is 2.43. The van der Waals surface area contributed by atoms with Gasteiger partial charge >= 0.3 is 0 Å². The van der Waals surface area contributed by atoms with E-state index in [0.29, 0.717) is 34.2 Å². The number of anilines is 1. The molecule has 9 heteroatoms. The number of fused-ring (bicyclic) bond motifs is 2. The van der Waals surface area contributed by atoms with Crippen molar-refractivity contribution in [2.45, 2.75) is 13.0 Å². The third-order valence-electron chi connectivity index (χ3n) is 6.15. The lowest BCUT2D eigenvalue weighted by Crippen LogP contribution is -2.30. The van der Waals surface area contributed by atoms with Crippen molar-refractivity contribution in [2.24, 2.45) is 0 Å². The van der Waals surface area contributed by atoms with Crippen LogP contribution in [-0.2, 0) is 4.79 Å². The summed E-state index contributed by atoms with van der Waals surface area (Å²) in [6, 6.07) is 20.7. The van der Waals surface area contributed by atoms with Crippen LogP contribution < -0.4 is 9.64 Å². The van der Waals surface area contributed by atoms with Crippen molar-refractivity contribution < 1.29 is 23.8 Å². The van der Waals surface area contributed by atoms with Gasteiger partial charge in [-0.05, 0) is 55.0 Å². The van der Waals surface area contributed by atoms with Gasteiger partial charge in [-0.25, -0.2) is 4.98 Å². The van der Waals surface area contributed by atoms with Gasteiger partial charge in [-0.2, -0.15) is 0 Å². The number of amides is 1. The molecule has 1 aliphatic rings. The van der Waals surface area contributed by atoms with Crippen LogP contribution in [-0.4, -0.2) is 28.4 Å². The van der Waals surface area contributed by atoms with Gasteiger partial charge in [0, 0.05) is 9.86 Å². The first-order valence-electron chi connectivity index (χ1n) is 11.5. The number of hydrogen-bond donors (Lipinski definition) is 1. The zero-order chi connectivity index (χ0) is 25.7. The minimum atomic E-state index is -0.895. The summed E-state index contributed by atoms with van der Waals surface area (Å²) in [6.07, 6.45) is 0. The van der Waals surface area contributed by atoms with Crippen molar-refractivity contribution in [2.75, 3.05) is 11.5 Å². The highest BCUT2D eigenvalue weighted by Gasteiger charge is 2.46. The molecule has 3 aromatic carbocycles. The summed E-state index contributed by atoms with van der Waals surface area (Å²) < 4.78 is 13.1. The van der Waals surface area contributed by atoms with E-state index in [1.54, 1.807) is 24.3 Å². The van der Waals surface area contributed by atoms with Gasteiger partial charge in [0.15, 0.2) is 16.7 Å². The molecule has 184 valence electrons. The van der Waals surface area contributed by atoms with Crippen LogP contribution in [0.5, 0.6) is 5.75 Å². The lowest BCUT2D eigenvalue weighted by atomic mass is 9.95. The average Bonchev–Trinajstić information content (AvgIpc) is 3.58. The first-order valence-corrected chi connectivity index (χ1v) is 13.1. The molecule has 6 rings (SSSR count). The van der Waals surface area contributed by atoms with E-state index in [4.69, 9.17) is 9.15 Å². The fourth-order valence-corrected chi connectivity index (χ4v) is 5.76. The topological polar surface area (TPSA) is 92.9 Å². The zero-order valence-electron chi connectivity index (χ0n) is 19.5. The molecule has 1 aliphatic heterocycles. The Kier molecular flexibility index (Phi) is 5.81. The van der Waals surface area contributed by atoms with Gasteiger partial charge < -0.3 is 14.3 Å². The smallest absolute Gasteiger partial charge is 0.296 e. The Labute approximate surface area is 223 Å². The predicted octanol–water partition coefficient (Wildman–Crippen LogP) is 6.99. The van der Waals surface area contributed by atoms with Crippen LogP contribution in [0.2, 0.25) is 0 Å². The molecule has 0 spiro atoms. The number of nitrogens with zero attached hydrogens (tertiary/aromatic N) is 2. The van der Waals surface area contributed by atoms with Crippen molar-refractivity contribution in [3.63, 3.8) is 0 Å². The van der Waals surface area contributed by atoms with Gasteiger partial charge in [-0.15, -0.1) is 0 Å². The highest BCUT2D eigenvalue weighted by Crippen LogP contribution is 2.45. The minimum Gasteiger partial charge on any atom is -0.503 e. The third-order valence-corrected chi connectivity index (χ3v) is 7.70. The Morgan fingerprint density at radius 2 is 1.92 bits per heavy atom. The first kappa shape index (κ1) is 23.4. The molecule has 0 unspecified atom stereocenters. The second-order valence-corrected chi connectivity index (χ2v) is 10.4. The molecule has 3 heterocycles. The van der Waals surface area contributed by atoms with E-state index in [0.717, 1.165) is 14.6 Å². The van der Waals surface area contributed by atoms with Gasteiger partial charge in [0.2, 0.25) is 5.78 Å². The van der Waals surface area contributed by atoms with Crippen molar-refractivity contribution in [3.8, 4) is 5.75 Å².